The van der Waals surface area contributed by atoms with Gasteiger partial charge in [-0.05, 0) is 17.9 Å². The molecular formula is C15H18N. The average Bonchev–Trinajstić information content (AvgIpc) is 2.35. The van der Waals surface area contributed by atoms with E-state index in [1.165, 1.54) is 30.0 Å². The summed E-state index contributed by atoms with van der Waals surface area (Å²) in [6, 6.07) is 14.8. The zero-order valence-corrected chi connectivity index (χ0v) is 9.82. The molecule has 0 amide bonds. The van der Waals surface area contributed by atoms with E-state index in [1.54, 1.807) is 0 Å². The molecule has 0 unspecified atom stereocenters. The lowest BCUT2D eigenvalue weighted by atomic mass is 10.1. The lowest BCUT2D eigenvalue weighted by Gasteiger charge is -2.06. The predicted molar refractivity (Wildman–Crippen MR) is 70.1 cm³/mol. The summed E-state index contributed by atoms with van der Waals surface area (Å²) in [6.07, 6.45) is 3.72. The minimum atomic E-state index is 0.946. The second-order valence-electron chi connectivity index (χ2n) is 4.09. The normalized spacial score (nSPS) is 10.6. The third-order valence-electron chi connectivity index (χ3n) is 2.81. The van der Waals surface area contributed by atoms with Crippen LogP contribution in [-0.2, 0) is 0 Å². The molecular weight excluding hydrogens is 194 g/mol. The lowest BCUT2D eigenvalue weighted by Crippen LogP contribution is -2.00. The Balaban J connectivity index is 2.11. The van der Waals surface area contributed by atoms with Gasteiger partial charge in [-0.1, -0.05) is 56.2 Å². The van der Waals surface area contributed by atoms with E-state index in [1.807, 2.05) is 0 Å². The summed E-state index contributed by atoms with van der Waals surface area (Å²) >= 11 is 0. The molecule has 0 bridgehead atoms. The van der Waals surface area contributed by atoms with Crippen LogP contribution in [0.4, 0.5) is 5.69 Å². The molecule has 2 aromatic rings. The highest BCUT2D eigenvalue weighted by atomic mass is 14.9. The van der Waals surface area contributed by atoms with Crippen LogP contribution in [-0.4, -0.2) is 6.54 Å². The number of rotatable bonds is 5. The summed E-state index contributed by atoms with van der Waals surface area (Å²) in [5.41, 5.74) is 1.13. The number of fused-ring (bicyclic) bond motifs is 1. The quantitative estimate of drug-likeness (QED) is 0.657. The van der Waals surface area contributed by atoms with E-state index in [4.69, 9.17) is 0 Å². The summed E-state index contributed by atoms with van der Waals surface area (Å²) in [4.78, 5) is 0. The maximum atomic E-state index is 4.67. The van der Waals surface area contributed by atoms with E-state index in [9.17, 15) is 0 Å². The first kappa shape index (κ1) is 11.0. The molecule has 0 atom stereocenters. The molecule has 0 aliphatic rings. The molecule has 2 aromatic carbocycles. The summed E-state index contributed by atoms with van der Waals surface area (Å²) < 4.78 is 0. The molecule has 0 heterocycles. The maximum absolute atomic E-state index is 4.67. The van der Waals surface area contributed by atoms with Gasteiger partial charge in [0.1, 0.15) is 0 Å². The molecule has 1 radical (unpaired) electrons. The second-order valence-corrected chi connectivity index (χ2v) is 4.09. The zero-order chi connectivity index (χ0) is 11.2. The highest BCUT2D eigenvalue weighted by Crippen LogP contribution is 2.22. The van der Waals surface area contributed by atoms with Crippen LogP contribution in [0.15, 0.2) is 42.5 Å². The fraction of sp³-hybridized carbons (Fsp3) is 0.333. The molecule has 0 spiro atoms. The number of hydrogen-bond donors (Lipinski definition) is 0. The van der Waals surface area contributed by atoms with Crippen molar-refractivity contribution in [3.05, 3.63) is 42.5 Å². The molecule has 0 saturated carbocycles. The molecule has 2 rings (SSSR count). The van der Waals surface area contributed by atoms with E-state index in [0.29, 0.717) is 0 Å². The number of unbranched alkanes of at least 4 members (excludes halogenated alkanes) is 2. The van der Waals surface area contributed by atoms with Crippen LogP contribution in [0.1, 0.15) is 26.2 Å². The molecule has 1 nitrogen and oxygen atoms in total. The van der Waals surface area contributed by atoms with Crippen LogP contribution in [0.2, 0.25) is 0 Å². The van der Waals surface area contributed by atoms with Crippen molar-refractivity contribution < 1.29 is 0 Å². The molecule has 0 saturated heterocycles. The molecule has 16 heavy (non-hydrogen) atoms. The van der Waals surface area contributed by atoms with Crippen LogP contribution in [0.25, 0.3) is 10.8 Å². The Morgan fingerprint density at radius 1 is 0.938 bits per heavy atom. The van der Waals surface area contributed by atoms with Gasteiger partial charge in [0.15, 0.2) is 0 Å². The van der Waals surface area contributed by atoms with Gasteiger partial charge in [-0.25, -0.2) is 0 Å². The number of hydrogen-bond acceptors (Lipinski definition) is 0. The van der Waals surface area contributed by atoms with E-state index >= 15 is 0 Å². The SMILES string of the molecule is CCCCC[N]c1cccc2ccccc12. The van der Waals surface area contributed by atoms with Gasteiger partial charge < -0.3 is 0 Å². The van der Waals surface area contributed by atoms with Crippen molar-refractivity contribution in [2.75, 3.05) is 6.54 Å². The number of nitrogens with zero attached hydrogens (tertiary/aromatic N) is 1. The predicted octanol–water partition coefficient (Wildman–Crippen LogP) is 4.27. The fourth-order valence-electron chi connectivity index (χ4n) is 1.91. The van der Waals surface area contributed by atoms with Crippen molar-refractivity contribution in [1.82, 2.24) is 5.32 Å². The molecule has 0 fully saturated rings. The molecule has 0 aromatic heterocycles. The van der Waals surface area contributed by atoms with Crippen molar-refractivity contribution in [1.29, 1.82) is 0 Å². The molecule has 0 N–H and O–H groups in total. The van der Waals surface area contributed by atoms with Crippen molar-refractivity contribution in [2.45, 2.75) is 26.2 Å². The number of benzene rings is 2. The van der Waals surface area contributed by atoms with E-state index in [0.717, 1.165) is 12.2 Å². The van der Waals surface area contributed by atoms with Crippen LogP contribution in [0.5, 0.6) is 0 Å². The van der Waals surface area contributed by atoms with Gasteiger partial charge in [-0.3, -0.25) is 5.32 Å². The summed E-state index contributed by atoms with van der Waals surface area (Å²) in [5, 5.41) is 7.21. The fourth-order valence-corrected chi connectivity index (χ4v) is 1.91. The molecule has 1 heteroatoms. The van der Waals surface area contributed by atoms with Crippen molar-refractivity contribution in [3.8, 4) is 0 Å². The van der Waals surface area contributed by atoms with Crippen LogP contribution >= 0.6 is 0 Å². The topological polar surface area (TPSA) is 14.1 Å². The third-order valence-corrected chi connectivity index (χ3v) is 2.81. The summed E-state index contributed by atoms with van der Waals surface area (Å²) in [5.74, 6) is 0. The van der Waals surface area contributed by atoms with E-state index < -0.39 is 0 Å². The Kier molecular flexibility index (Phi) is 3.81. The minimum Gasteiger partial charge on any atom is -0.285 e. The Hall–Kier alpha value is -1.50. The van der Waals surface area contributed by atoms with Gasteiger partial charge in [0.2, 0.25) is 0 Å². The first-order chi connectivity index (χ1) is 7.92. The van der Waals surface area contributed by atoms with Gasteiger partial charge in [0.05, 0.1) is 5.69 Å². The van der Waals surface area contributed by atoms with Gasteiger partial charge in [0, 0.05) is 11.9 Å². The highest BCUT2D eigenvalue weighted by molar-refractivity contribution is 5.92. The molecule has 0 aliphatic heterocycles. The van der Waals surface area contributed by atoms with Gasteiger partial charge in [0.25, 0.3) is 0 Å². The monoisotopic (exact) mass is 212 g/mol. The Labute approximate surface area is 97.5 Å². The highest BCUT2D eigenvalue weighted by Gasteiger charge is 1.99. The van der Waals surface area contributed by atoms with Gasteiger partial charge in [-0.15, -0.1) is 0 Å². The van der Waals surface area contributed by atoms with Crippen molar-refractivity contribution >= 4 is 16.5 Å². The van der Waals surface area contributed by atoms with Crippen LogP contribution < -0.4 is 5.32 Å². The van der Waals surface area contributed by atoms with Crippen molar-refractivity contribution in [2.24, 2.45) is 0 Å². The molecule has 0 aliphatic carbocycles. The minimum absolute atomic E-state index is 0.946. The lowest BCUT2D eigenvalue weighted by molar-refractivity contribution is 0.682. The maximum Gasteiger partial charge on any atom is 0.0652 e. The first-order valence-electron chi connectivity index (χ1n) is 6.07. The smallest absolute Gasteiger partial charge is 0.0652 e. The second kappa shape index (κ2) is 5.55. The standard InChI is InChI=1S/C15H18N/c1-2-3-6-12-16-15-11-7-9-13-8-4-5-10-14(13)15/h4-5,7-11H,2-3,6,12H2,1H3. The average molecular weight is 212 g/mol. The van der Waals surface area contributed by atoms with Gasteiger partial charge in [-0.2, -0.15) is 0 Å². The Morgan fingerprint density at radius 2 is 1.75 bits per heavy atom. The van der Waals surface area contributed by atoms with Crippen LogP contribution in [0.3, 0.4) is 0 Å². The van der Waals surface area contributed by atoms with E-state index in [-0.39, 0.29) is 0 Å². The van der Waals surface area contributed by atoms with Gasteiger partial charge >= 0.3 is 0 Å². The summed E-state index contributed by atoms with van der Waals surface area (Å²) in [6.45, 7) is 3.17. The van der Waals surface area contributed by atoms with Crippen LogP contribution in [0, 0.1) is 0 Å². The Morgan fingerprint density at radius 3 is 2.62 bits per heavy atom. The third kappa shape index (κ3) is 2.54. The first-order valence-corrected chi connectivity index (χ1v) is 6.07. The summed E-state index contributed by atoms with van der Waals surface area (Å²) in [7, 11) is 0. The largest absolute Gasteiger partial charge is 0.285 e. The molecule has 83 valence electrons. The van der Waals surface area contributed by atoms with E-state index in [2.05, 4.69) is 54.7 Å². The Bertz CT molecular complexity index is 443. The zero-order valence-electron chi connectivity index (χ0n) is 9.82. The van der Waals surface area contributed by atoms with Crippen molar-refractivity contribution in [3.63, 3.8) is 0 Å².